The van der Waals surface area contributed by atoms with Gasteiger partial charge in [-0.05, 0) is 49.7 Å². The summed E-state index contributed by atoms with van der Waals surface area (Å²) in [4.78, 5) is 4.66. The normalized spacial score (nSPS) is 26.5. The standard InChI is InChI=1S/C17H26N2/c18-16(13-7-3-1-2-4-8-13)15-11-5-9-14-10-6-12-19-17(14)15/h6,10,12-13,15-16H,1-5,7-9,11,18H2. The minimum atomic E-state index is 0.326. The Labute approximate surface area is 116 Å². The number of hydrogen-bond acceptors (Lipinski definition) is 2. The SMILES string of the molecule is NC(C1CCCCCC1)C1CCCc2cccnc21. The van der Waals surface area contributed by atoms with Crippen LogP contribution in [0.1, 0.15) is 68.5 Å². The van der Waals surface area contributed by atoms with Crippen LogP contribution in [-0.4, -0.2) is 11.0 Å². The van der Waals surface area contributed by atoms with Crippen molar-refractivity contribution in [3.63, 3.8) is 0 Å². The average Bonchev–Trinajstić information content (AvgIpc) is 2.75. The van der Waals surface area contributed by atoms with Gasteiger partial charge in [0.25, 0.3) is 0 Å². The zero-order valence-electron chi connectivity index (χ0n) is 11.9. The first-order valence-corrected chi connectivity index (χ1v) is 8.05. The second kappa shape index (κ2) is 6.04. The third-order valence-electron chi connectivity index (χ3n) is 5.15. The van der Waals surface area contributed by atoms with Gasteiger partial charge in [-0.1, -0.05) is 31.7 Å². The van der Waals surface area contributed by atoms with Crippen molar-refractivity contribution in [3.05, 3.63) is 29.6 Å². The maximum atomic E-state index is 6.67. The first kappa shape index (κ1) is 13.1. The molecule has 2 heteroatoms. The van der Waals surface area contributed by atoms with Crippen LogP contribution in [0.5, 0.6) is 0 Å². The Morgan fingerprint density at radius 1 is 1.05 bits per heavy atom. The van der Waals surface area contributed by atoms with E-state index in [2.05, 4.69) is 17.1 Å². The van der Waals surface area contributed by atoms with Crippen molar-refractivity contribution < 1.29 is 0 Å². The van der Waals surface area contributed by atoms with E-state index < -0.39 is 0 Å². The highest BCUT2D eigenvalue weighted by Gasteiger charge is 2.31. The number of nitrogens with zero attached hydrogens (tertiary/aromatic N) is 1. The van der Waals surface area contributed by atoms with Crippen LogP contribution in [0.4, 0.5) is 0 Å². The summed E-state index contributed by atoms with van der Waals surface area (Å²) in [6.45, 7) is 0. The monoisotopic (exact) mass is 258 g/mol. The van der Waals surface area contributed by atoms with Gasteiger partial charge in [0.15, 0.2) is 0 Å². The van der Waals surface area contributed by atoms with E-state index in [1.807, 2.05) is 6.20 Å². The van der Waals surface area contributed by atoms with Crippen LogP contribution < -0.4 is 5.73 Å². The van der Waals surface area contributed by atoms with Crippen LogP contribution >= 0.6 is 0 Å². The number of rotatable bonds is 2. The molecular weight excluding hydrogens is 232 g/mol. The molecule has 19 heavy (non-hydrogen) atoms. The van der Waals surface area contributed by atoms with Gasteiger partial charge in [-0.2, -0.15) is 0 Å². The topological polar surface area (TPSA) is 38.9 Å². The number of aryl methyl sites for hydroxylation is 1. The van der Waals surface area contributed by atoms with Gasteiger partial charge in [0, 0.05) is 23.9 Å². The van der Waals surface area contributed by atoms with Crippen LogP contribution in [0, 0.1) is 5.92 Å². The fourth-order valence-electron chi connectivity index (χ4n) is 4.04. The minimum absolute atomic E-state index is 0.326. The number of hydrogen-bond donors (Lipinski definition) is 1. The summed E-state index contributed by atoms with van der Waals surface area (Å²) < 4.78 is 0. The van der Waals surface area contributed by atoms with Crippen molar-refractivity contribution in [1.29, 1.82) is 0 Å². The molecule has 1 fully saturated rings. The molecule has 3 rings (SSSR count). The lowest BCUT2D eigenvalue weighted by Gasteiger charge is -2.33. The molecule has 1 heterocycles. The molecule has 0 saturated heterocycles. The van der Waals surface area contributed by atoms with E-state index in [-0.39, 0.29) is 0 Å². The van der Waals surface area contributed by atoms with E-state index in [1.165, 1.54) is 69.0 Å². The van der Waals surface area contributed by atoms with Crippen molar-refractivity contribution >= 4 is 0 Å². The molecule has 2 nitrogen and oxygen atoms in total. The van der Waals surface area contributed by atoms with E-state index >= 15 is 0 Å². The van der Waals surface area contributed by atoms with E-state index in [4.69, 9.17) is 5.73 Å². The second-order valence-corrected chi connectivity index (χ2v) is 6.38. The fraction of sp³-hybridized carbons (Fsp3) is 0.706. The highest BCUT2D eigenvalue weighted by Crippen LogP contribution is 2.37. The minimum Gasteiger partial charge on any atom is -0.327 e. The molecule has 2 atom stereocenters. The third-order valence-corrected chi connectivity index (χ3v) is 5.15. The Morgan fingerprint density at radius 3 is 2.63 bits per heavy atom. The second-order valence-electron chi connectivity index (χ2n) is 6.38. The Hall–Kier alpha value is -0.890. The smallest absolute Gasteiger partial charge is 0.0481 e. The highest BCUT2D eigenvalue weighted by atomic mass is 14.8. The lowest BCUT2D eigenvalue weighted by Crippen LogP contribution is -2.38. The molecule has 2 unspecified atom stereocenters. The van der Waals surface area contributed by atoms with Crippen molar-refractivity contribution in [2.24, 2.45) is 11.7 Å². The molecule has 1 aromatic heterocycles. The van der Waals surface area contributed by atoms with Crippen molar-refractivity contribution in [2.45, 2.75) is 69.7 Å². The molecule has 104 valence electrons. The summed E-state index contributed by atoms with van der Waals surface area (Å²) in [7, 11) is 0. The highest BCUT2D eigenvalue weighted by molar-refractivity contribution is 5.27. The molecule has 2 N–H and O–H groups in total. The van der Waals surface area contributed by atoms with Crippen LogP contribution in [0.25, 0.3) is 0 Å². The maximum absolute atomic E-state index is 6.67. The van der Waals surface area contributed by atoms with Crippen LogP contribution in [-0.2, 0) is 6.42 Å². The van der Waals surface area contributed by atoms with Gasteiger partial charge in [-0.25, -0.2) is 0 Å². The molecule has 0 aliphatic heterocycles. The lowest BCUT2D eigenvalue weighted by atomic mass is 9.76. The molecule has 2 aliphatic rings. The van der Waals surface area contributed by atoms with Crippen molar-refractivity contribution in [3.8, 4) is 0 Å². The maximum Gasteiger partial charge on any atom is 0.0481 e. The molecule has 0 radical (unpaired) electrons. The summed E-state index contributed by atoms with van der Waals surface area (Å²) >= 11 is 0. The third kappa shape index (κ3) is 2.84. The summed E-state index contributed by atoms with van der Waals surface area (Å²) in [6, 6.07) is 4.64. The fourth-order valence-corrected chi connectivity index (χ4v) is 4.04. The number of pyridine rings is 1. The first-order valence-electron chi connectivity index (χ1n) is 8.05. The zero-order chi connectivity index (χ0) is 13.1. The van der Waals surface area contributed by atoms with Crippen LogP contribution in [0.2, 0.25) is 0 Å². The summed E-state index contributed by atoms with van der Waals surface area (Å²) in [5.41, 5.74) is 9.43. The molecule has 0 bridgehead atoms. The first-order chi connectivity index (χ1) is 9.36. The lowest BCUT2D eigenvalue weighted by molar-refractivity contribution is 0.308. The molecule has 0 amide bonds. The number of nitrogens with two attached hydrogens (primary N) is 1. The predicted octanol–water partition coefficient (Wildman–Crippen LogP) is 3.80. The summed E-state index contributed by atoms with van der Waals surface area (Å²) in [5, 5.41) is 0. The van der Waals surface area contributed by atoms with E-state index in [0.717, 1.165) is 5.92 Å². The van der Waals surface area contributed by atoms with E-state index in [0.29, 0.717) is 12.0 Å². The average molecular weight is 258 g/mol. The Bertz CT molecular complexity index is 407. The van der Waals surface area contributed by atoms with Gasteiger partial charge in [-0.15, -0.1) is 0 Å². The van der Waals surface area contributed by atoms with Gasteiger partial charge in [-0.3, -0.25) is 4.98 Å². The van der Waals surface area contributed by atoms with Crippen molar-refractivity contribution in [1.82, 2.24) is 4.98 Å². The van der Waals surface area contributed by atoms with Gasteiger partial charge in [0.05, 0.1) is 0 Å². The molecule has 1 aromatic rings. The Morgan fingerprint density at radius 2 is 1.84 bits per heavy atom. The van der Waals surface area contributed by atoms with E-state index in [1.54, 1.807) is 0 Å². The zero-order valence-corrected chi connectivity index (χ0v) is 11.9. The molecule has 0 aromatic carbocycles. The van der Waals surface area contributed by atoms with E-state index in [9.17, 15) is 0 Å². The number of fused-ring (bicyclic) bond motifs is 1. The summed E-state index contributed by atoms with van der Waals surface area (Å²) in [5.74, 6) is 1.23. The van der Waals surface area contributed by atoms with Gasteiger partial charge in [0.1, 0.15) is 0 Å². The summed E-state index contributed by atoms with van der Waals surface area (Å²) in [6.07, 6.45) is 13.9. The molecular formula is C17H26N2. The van der Waals surface area contributed by atoms with Crippen molar-refractivity contribution in [2.75, 3.05) is 0 Å². The molecule has 1 saturated carbocycles. The predicted molar refractivity (Wildman–Crippen MR) is 79.1 cm³/mol. The Kier molecular flexibility index (Phi) is 4.17. The van der Waals surface area contributed by atoms with Gasteiger partial charge >= 0.3 is 0 Å². The quantitative estimate of drug-likeness (QED) is 0.819. The largest absolute Gasteiger partial charge is 0.327 e. The number of aromatic nitrogens is 1. The molecule has 0 spiro atoms. The van der Waals surface area contributed by atoms with Gasteiger partial charge in [0.2, 0.25) is 0 Å². The Balaban J connectivity index is 1.78. The molecule has 2 aliphatic carbocycles. The van der Waals surface area contributed by atoms with Crippen LogP contribution in [0.15, 0.2) is 18.3 Å². The van der Waals surface area contributed by atoms with Gasteiger partial charge < -0.3 is 5.73 Å². The van der Waals surface area contributed by atoms with Crippen LogP contribution in [0.3, 0.4) is 0 Å².